The molecule has 0 saturated heterocycles. The van der Waals surface area contributed by atoms with E-state index in [1.165, 1.54) is 0 Å². The van der Waals surface area contributed by atoms with Crippen molar-refractivity contribution in [3.05, 3.63) is 59.7 Å². The Hall–Kier alpha value is -2.47. The lowest BCUT2D eigenvalue weighted by atomic mass is 10.1. The van der Waals surface area contributed by atoms with Crippen LogP contribution in [0.4, 0.5) is 5.69 Å². The molecule has 2 rings (SSSR count). The molecule has 0 bridgehead atoms. The fraction of sp³-hybridized carbons (Fsp3) is 0.188. The minimum atomic E-state index is 0.584. The van der Waals surface area contributed by atoms with E-state index in [0.29, 0.717) is 18.7 Å². The fourth-order valence-corrected chi connectivity index (χ4v) is 1.75. The summed E-state index contributed by atoms with van der Waals surface area (Å²) in [6.45, 7) is 3.30. The molecule has 0 aliphatic rings. The van der Waals surface area contributed by atoms with Gasteiger partial charge >= 0.3 is 0 Å². The SMILES string of the molecule is Cc1ccc(C#N)cc1NCCOc1ccccc1. The lowest BCUT2D eigenvalue weighted by Crippen LogP contribution is -2.12. The van der Waals surface area contributed by atoms with Crippen LogP contribution < -0.4 is 10.1 Å². The van der Waals surface area contributed by atoms with Crippen molar-refractivity contribution in [2.24, 2.45) is 0 Å². The van der Waals surface area contributed by atoms with Crippen molar-refractivity contribution in [1.82, 2.24) is 0 Å². The van der Waals surface area contributed by atoms with Crippen LogP contribution in [0.2, 0.25) is 0 Å². The first-order chi connectivity index (χ1) is 9.29. The molecule has 3 nitrogen and oxygen atoms in total. The summed E-state index contributed by atoms with van der Waals surface area (Å²) < 4.78 is 5.60. The molecule has 2 aromatic carbocycles. The third-order valence-electron chi connectivity index (χ3n) is 2.80. The summed E-state index contributed by atoms with van der Waals surface area (Å²) in [6.07, 6.45) is 0. The van der Waals surface area contributed by atoms with Crippen LogP contribution in [-0.4, -0.2) is 13.2 Å². The van der Waals surface area contributed by atoms with Crippen LogP contribution in [-0.2, 0) is 0 Å². The highest BCUT2D eigenvalue weighted by molar-refractivity contribution is 5.55. The Balaban J connectivity index is 1.85. The summed E-state index contributed by atoms with van der Waals surface area (Å²) in [5.41, 5.74) is 2.77. The molecule has 0 spiro atoms. The van der Waals surface area contributed by atoms with E-state index in [2.05, 4.69) is 11.4 Å². The monoisotopic (exact) mass is 252 g/mol. The van der Waals surface area contributed by atoms with Gasteiger partial charge in [0.2, 0.25) is 0 Å². The van der Waals surface area contributed by atoms with Gasteiger partial charge in [-0.2, -0.15) is 5.26 Å². The van der Waals surface area contributed by atoms with Crippen LogP contribution in [0.15, 0.2) is 48.5 Å². The molecule has 0 fully saturated rings. The van der Waals surface area contributed by atoms with Gasteiger partial charge in [0.1, 0.15) is 12.4 Å². The molecule has 0 aromatic heterocycles. The maximum Gasteiger partial charge on any atom is 0.119 e. The summed E-state index contributed by atoms with van der Waals surface area (Å²) in [7, 11) is 0. The second kappa shape index (κ2) is 6.46. The number of nitrogens with one attached hydrogen (secondary N) is 1. The molecule has 0 aliphatic carbocycles. The predicted octanol–water partition coefficient (Wildman–Crippen LogP) is 3.36. The van der Waals surface area contributed by atoms with E-state index in [4.69, 9.17) is 10.00 Å². The second-order valence-corrected chi connectivity index (χ2v) is 4.23. The van der Waals surface area contributed by atoms with Crippen molar-refractivity contribution >= 4 is 5.69 Å². The van der Waals surface area contributed by atoms with Crippen LogP contribution in [0, 0.1) is 18.3 Å². The summed E-state index contributed by atoms with van der Waals surface area (Å²) in [4.78, 5) is 0. The average Bonchev–Trinajstić information content (AvgIpc) is 2.46. The molecular weight excluding hydrogens is 236 g/mol. The number of benzene rings is 2. The number of nitrogens with zero attached hydrogens (tertiary/aromatic N) is 1. The number of ether oxygens (including phenoxy) is 1. The molecule has 0 saturated carbocycles. The van der Waals surface area contributed by atoms with Gasteiger partial charge in [0.25, 0.3) is 0 Å². The predicted molar refractivity (Wildman–Crippen MR) is 76.3 cm³/mol. The van der Waals surface area contributed by atoms with Crippen molar-refractivity contribution in [2.45, 2.75) is 6.92 Å². The average molecular weight is 252 g/mol. The zero-order chi connectivity index (χ0) is 13.5. The highest BCUT2D eigenvalue weighted by Gasteiger charge is 1.99. The van der Waals surface area contributed by atoms with Gasteiger partial charge in [-0.3, -0.25) is 0 Å². The summed E-state index contributed by atoms with van der Waals surface area (Å²) in [6, 6.07) is 17.5. The van der Waals surface area contributed by atoms with E-state index >= 15 is 0 Å². The number of para-hydroxylation sites is 1. The van der Waals surface area contributed by atoms with Gasteiger partial charge < -0.3 is 10.1 Å². The van der Waals surface area contributed by atoms with E-state index in [1.807, 2.05) is 55.5 Å². The standard InChI is InChI=1S/C16H16N2O/c1-13-7-8-14(12-17)11-16(13)18-9-10-19-15-5-3-2-4-6-15/h2-8,11,18H,9-10H2,1H3. The highest BCUT2D eigenvalue weighted by atomic mass is 16.5. The van der Waals surface area contributed by atoms with Gasteiger partial charge in [-0.1, -0.05) is 24.3 Å². The van der Waals surface area contributed by atoms with Crippen molar-refractivity contribution < 1.29 is 4.74 Å². The minimum Gasteiger partial charge on any atom is -0.492 e. The Morgan fingerprint density at radius 1 is 1.16 bits per heavy atom. The van der Waals surface area contributed by atoms with E-state index < -0.39 is 0 Å². The largest absolute Gasteiger partial charge is 0.492 e. The molecule has 0 radical (unpaired) electrons. The van der Waals surface area contributed by atoms with Gasteiger partial charge in [-0.05, 0) is 36.8 Å². The molecule has 0 aliphatic heterocycles. The number of hydrogen-bond donors (Lipinski definition) is 1. The Morgan fingerprint density at radius 2 is 1.95 bits per heavy atom. The number of aryl methyl sites for hydroxylation is 1. The zero-order valence-corrected chi connectivity index (χ0v) is 10.9. The normalized spacial score (nSPS) is 9.68. The molecule has 2 aromatic rings. The summed E-state index contributed by atoms with van der Waals surface area (Å²) in [5, 5.41) is 12.2. The molecule has 0 unspecified atom stereocenters. The molecule has 0 amide bonds. The molecule has 19 heavy (non-hydrogen) atoms. The zero-order valence-electron chi connectivity index (χ0n) is 10.9. The van der Waals surface area contributed by atoms with Crippen molar-refractivity contribution in [2.75, 3.05) is 18.5 Å². The Labute approximate surface area is 113 Å². The molecule has 3 heteroatoms. The second-order valence-electron chi connectivity index (χ2n) is 4.23. The fourth-order valence-electron chi connectivity index (χ4n) is 1.75. The highest BCUT2D eigenvalue weighted by Crippen LogP contribution is 2.16. The van der Waals surface area contributed by atoms with Crippen LogP contribution >= 0.6 is 0 Å². The maximum absolute atomic E-state index is 8.87. The topological polar surface area (TPSA) is 45.0 Å². The van der Waals surface area contributed by atoms with E-state index in [-0.39, 0.29) is 0 Å². The number of anilines is 1. The molecule has 0 atom stereocenters. The van der Waals surface area contributed by atoms with Crippen LogP contribution in [0.3, 0.4) is 0 Å². The smallest absolute Gasteiger partial charge is 0.119 e. The minimum absolute atomic E-state index is 0.584. The first kappa shape index (κ1) is 13.0. The van der Waals surface area contributed by atoms with Gasteiger partial charge in [0, 0.05) is 12.2 Å². The number of rotatable bonds is 5. The van der Waals surface area contributed by atoms with Crippen molar-refractivity contribution in [3.8, 4) is 11.8 Å². The third-order valence-corrected chi connectivity index (χ3v) is 2.80. The van der Waals surface area contributed by atoms with Gasteiger partial charge in [-0.25, -0.2) is 0 Å². The van der Waals surface area contributed by atoms with Crippen molar-refractivity contribution in [1.29, 1.82) is 5.26 Å². The third kappa shape index (κ3) is 3.75. The first-order valence-electron chi connectivity index (χ1n) is 6.22. The summed E-state index contributed by atoms with van der Waals surface area (Å²) >= 11 is 0. The van der Waals surface area contributed by atoms with Crippen LogP contribution in [0.25, 0.3) is 0 Å². The maximum atomic E-state index is 8.87. The lowest BCUT2D eigenvalue weighted by molar-refractivity contribution is 0.333. The quantitative estimate of drug-likeness (QED) is 0.830. The number of hydrogen-bond acceptors (Lipinski definition) is 3. The van der Waals surface area contributed by atoms with Gasteiger partial charge in [-0.15, -0.1) is 0 Å². The summed E-state index contributed by atoms with van der Waals surface area (Å²) in [5.74, 6) is 0.867. The molecule has 96 valence electrons. The first-order valence-corrected chi connectivity index (χ1v) is 6.22. The Kier molecular flexibility index (Phi) is 4.41. The number of nitriles is 1. The van der Waals surface area contributed by atoms with Gasteiger partial charge in [0.05, 0.1) is 11.6 Å². The molecule has 0 heterocycles. The van der Waals surface area contributed by atoms with Crippen LogP contribution in [0.5, 0.6) is 5.75 Å². The van der Waals surface area contributed by atoms with Crippen molar-refractivity contribution in [3.63, 3.8) is 0 Å². The van der Waals surface area contributed by atoms with E-state index in [1.54, 1.807) is 0 Å². The van der Waals surface area contributed by atoms with Crippen LogP contribution in [0.1, 0.15) is 11.1 Å². The Bertz CT molecular complexity index is 573. The lowest BCUT2D eigenvalue weighted by Gasteiger charge is -2.11. The van der Waals surface area contributed by atoms with E-state index in [0.717, 1.165) is 17.0 Å². The molecule has 1 N–H and O–H groups in total. The Morgan fingerprint density at radius 3 is 2.68 bits per heavy atom. The van der Waals surface area contributed by atoms with Gasteiger partial charge in [0.15, 0.2) is 0 Å². The van der Waals surface area contributed by atoms with E-state index in [9.17, 15) is 0 Å². The molecular formula is C16H16N2O.